The van der Waals surface area contributed by atoms with Crippen LogP contribution in [-0.2, 0) is 15.7 Å². The Labute approximate surface area is 125 Å². The first-order valence-corrected chi connectivity index (χ1v) is 6.57. The van der Waals surface area contributed by atoms with Gasteiger partial charge in [0.1, 0.15) is 4.99 Å². The Morgan fingerprint density at radius 1 is 1.43 bits per heavy atom. The number of hydrogen-bond donors (Lipinski definition) is 2. The Morgan fingerprint density at radius 2 is 2.10 bits per heavy atom. The van der Waals surface area contributed by atoms with Crippen LogP contribution in [-0.4, -0.2) is 24.1 Å². The van der Waals surface area contributed by atoms with Crippen LogP contribution in [0.2, 0.25) is 0 Å². The molecule has 4 nitrogen and oxygen atoms in total. The molecule has 0 radical (unpaired) electrons. The van der Waals surface area contributed by atoms with E-state index in [2.05, 4.69) is 5.32 Å². The van der Waals surface area contributed by atoms with E-state index in [1.807, 2.05) is 0 Å². The first-order chi connectivity index (χ1) is 9.75. The number of nitrogens with two attached hydrogens (primary N) is 1. The summed E-state index contributed by atoms with van der Waals surface area (Å²) in [5, 5.41) is 2.83. The molecule has 0 aromatic heterocycles. The highest BCUT2D eigenvalue weighted by Gasteiger charge is 2.31. The van der Waals surface area contributed by atoms with Gasteiger partial charge >= 0.3 is 12.1 Å². The van der Waals surface area contributed by atoms with E-state index >= 15 is 0 Å². The van der Waals surface area contributed by atoms with Gasteiger partial charge in [0.25, 0.3) is 0 Å². The van der Waals surface area contributed by atoms with E-state index in [1.165, 1.54) is 6.07 Å². The van der Waals surface area contributed by atoms with Gasteiger partial charge < -0.3 is 15.8 Å². The number of esters is 1. The SMILES string of the molecule is CCOC(=O)CCNc1ccc(C(F)(F)F)cc1C(N)=S. The summed E-state index contributed by atoms with van der Waals surface area (Å²) in [7, 11) is 0. The van der Waals surface area contributed by atoms with Gasteiger partial charge in [-0.05, 0) is 25.1 Å². The molecule has 116 valence electrons. The number of anilines is 1. The van der Waals surface area contributed by atoms with Crippen LogP contribution in [0.4, 0.5) is 18.9 Å². The Morgan fingerprint density at radius 3 is 2.62 bits per heavy atom. The van der Waals surface area contributed by atoms with Crippen LogP contribution in [0.1, 0.15) is 24.5 Å². The van der Waals surface area contributed by atoms with E-state index in [-0.39, 0.29) is 30.1 Å². The zero-order valence-electron chi connectivity index (χ0n) is 11.3. The van der Waals surface area contributed by atoms with E-state index < -0.39 is 17.7 Å². The summed E-state index contributed by atoms with van der Waals surface area (Å²) in [6, 6.07) is 3.05. The molecule has 3 N–H and O–H groups in total. The van der Waals surface area contributed by atoms with Gasteiger partial charge in [0.2, 0.25) is 0 Å². The van der Waals surface area contributed by atoms with Crippen LogP contribution in [0.5, 0.6) is 0 Å². The fourth-order valence-electron chi connectivity index (χ4n) is 1.61. The van der Waals surface area contributed by atoms with E-state index in [4.69, 9.17) is 22.7 Å². The zero-order chi connectivity index (χ0) is 16.0. The number of rotatable bonds is 6. The molecule has 0 aliphatic carbocycles. The number of ether oxygens (including phenoxy) is 1. The fraction of sp³-hybridized carbons (Fsp3) is 0.385. The summed E-state index contributed by atoms with van der Waals surface area (Å²) in [5.41, 5.74) is 5.04. The first-order valence-electron chi connectivity index (χ1n) is 6.16. The highest BCUT2D eigenvalue weighted by Crippen LogP contribution is 2.31. The van der Waals surface area contributed by atoms with E-state index in [0.717, 1.165) is 12.1 Å². The van der Waals surface area contributed by atoms with Crippen LogP contribution in [0.15, 0.2) is 18.2 Å². The lowest BCUT2D eigenvalue weighted by Crippen LogP contribution is -2.17. The topological polar surface area (TPSA) is 64.3 Å². The summed E-state index contributed by atoms with van der Waals surface area (Å²) in [5.74, 6) is -0.395. The Hall–Kier alpha value is -1.83. The molecule has 0 unspecified atom stereocenters. The molecule has 1 aromatic rings. The second-order valence-electron chi connectivity index (χ2n) is 4.10. The van der Waals surface area contributed by atoms with Crippen LogP contribution in [0.3, 0.4) is 0 Å². The van der Waals surface area contributed by atoms with Gasteiger partial charge in [-0.25, -0.2) is 0 Å². The lowest BCUT2D eigenvalue weighted by atomic mass is 10.1. The number of halogens is 3. The van der Waals surface area contributed by atoms with E-state index in [9.17, 15) is 18.0 Å². The van der Waals surface area contributed by atoms with E-state index in [0.29, 0.717) is 5.69 Å². The Bertz CT molecular complexity index is 533. The zero-order valence-corrected chi connectivity index (χ0v) is 12.1. The van der Waals surface area contributed by atoms with Gasteiger partial charge in [-0.1, -0.05) is 12.2 Å². The third-order valence-corrected chi connectivity index (χ3v) is 2.78. The monoisotopic (exact) mass is 320 g/mol. The molecule has 1 rings (SSSR count). The molecule has 21 heavy (non-hydrogen) atoms. The molecule has 0 aliphatic heterocycles. The Kier molecular flexibility index (Phi) is 5.95. The molecule has 0 saturated carbocycles. The van der Waals surface area contributed by atoms with Crippen molar-refractivity contribution in [3.05, 3.63) is 29.3 Å². The van der Waals surface area contributed by atoms with Gasteiger partial charge in [0, 0.05) is 17.8 Å². The number of alkyl halides is 3. The fourth-order valence-corrected chi connectivity index (χ4v) is 1.78. The molecule has 1 aromatic carbocycles. The van der Waals surface area contributed by atoms with Crippen molar-refractivity contribution in [3.8, 4) is 0 Å². The second-order valence-corrected chi connectivity index (χ2v) is 4.54. The van der Waals surface area contributed by atoms with Crippen molar-refractivity contribution in [1.82, 2.24) is 0 Å². The van der Waals surface area contributed by atoms with Crippen LogP contribution < -0.4 is 11.1 Å². The maximum atomic E-state index is 12.6. The number of hydrogen-bond acceptors (Lipinski definition) is 4. The van der Waals surface area contributed by atoms with Crippen molar-refractivity contribution in [2.75, 3.05) is 18.5 Å². The molecule has 0 spiro atoms. The van der Waals surface area contributed by atoms with Gasteiger partial charge in [-0.2, -0.15) is 13.2 Å². The van der Waals surface area contributed by atoms with Gasteiger partial charge in [0.05, 0.1) is 18.6 Å². The van der Waals surface area contributed by atoms with Gasteiger partial charge in [-0.15, -0.1) is 0 Å². The standard InChI is InChI=1S/C13H15F3N2O2S/c1-2-20-11(19)5-6-18-10-4-3-8(13(14,15)16)7-9(10)12(17)21/h3-4,7,18H,2,5-6H2,1H3,(H2,17,21). The van der Waals surface area contributed by atoms with Crippen molar-refractivity contribution in [2.24, 2.45) is 5.73 Å². The molecule has 0 aliphatic rings. The van der Waals surface area contributed by atoms with E-state index in [1.54, 1.807) is 6.92 Å². The summed E-state index contributed by atoms with van der Waals surface area (Å²) in [4.78, 5) is 11.0. The highest BCUT2D eigenvalue weighted by molar-refractivity contribution is 7.80. The minimum Gasteiger partial charge on any atom is -0.466 e. The molecule has 0 atom stereocenters. The summed E-state index contributed by atoms with van der Waals surface area (Å²) in [6.07, 6.45) is -4.38. The van der Waals surface area contributed by atoms with Crippen molar-refractivity contribution in [3.63, 3.8) is 0 Å². The largest absolute Gasteiger partial charge is 0.466 e. The molecule has 0 fully saturated rings. The predicted molar refractivity (Wildman–Crippen MR) is 77.1 cm³/mol. The smallest absolute Gasteiger partial charge is 0.416 e. The van der Waals surface area contributed by atoms with Crippen LogP contribution in [0.25, 0.3) is 0 Å². The van der Waals surface area contributed by atoms with Crippen molar-refractivity contribution >= 4 is 28.9 Å². The number of carbonyl (C=O) groups is 1. The van der Waals surface area contributed by atoms with Crippen LogP contribution in [0, 0.1) is 0 Å². The molecule has 0 amide bonds. The molecule has 0 bridgehead atoms. The molecule has 0 heterocycles. The highest BCUT2D eigenvalue weighted by atomic mass is 32.1. The lowest BCUT2D eigenvalue weighted by Gasteiger charge is -2.14. The first kappa shape index (κ1) is 17.2. The number of thiocarbonyl (C=S) groups is 1. The van der Waals surface area contributed by atoms with Crippen molar-refractivity contribution in [2.45, 2.75) is 19.5 Å². The average molecular weight is 320 g/mol. The molecular formula is C13H15F3N2O2S. The lowest BCUT2D eigenvalue weighted by molar-refractivity contribution is -0.142. The maximum Gasteiger partial charge on any atom is 0.416 e. The number of carbonyl (C=O) groups excluding carboxylic acids is 1. The molecule has 8 heteroatoms. The second kappa shape index (κ2) is 7.26. The molecular weight excluding hydrogens is 305 g/mol. The van der Waals surface area contributed by atoms with Crippen molar-refractivity contribution < 1.29 is 22.7 Å². The van der Waals surface area contributed by atoms with Crippen molar-refractivity contribution in [1.29, 1.82) is 0 Å². The number of benzene rings is 1. The van der Waals surface area contributed by atoms with Gasteiger partial charge in [0.15, 0.2) is 0 Å². The summed E-state index contributed by atoms with van der Waals surface area (Å²) < 4.78 is 42.7. The Balaban J connectivity index is 2.83. The summed E-state index contributed by atoms with van der Waals surface area (Å²) in [6.45, 7) is 2.17. The minimum absolute atomic E-state index is 0.0867. The third kappa shape index (κ3) is 5.22. The van der Waals surface area contributed by atoms with Gasteiger partial charge in [-0.3, -0.25) is 4.79 Å². The minimum atomic E-state index is -4.47. The summed E-state index contributed by atoms with van der Waals surface area (Å²) >= 11 is 4.75. The quantitative estimate of drug-likeness (QED) is 0.623. The molecule has 0 saturated heterocycles. The van der Waals surface area contributed by atoms with Crippen LogP contribution >= 0.6 is 12.2 Å². The normalized spacial score (nSPS) is 11.0. The predicted octanol–water partition coefficient (Wildman–Crippen LogP) is 2.70. The number of nitrogens with one attached hydrogen (secondary N) is 1. The third-order valence-electron chi connectivity index (χ3n) is 2.56. The average Bonchev–Trinajstić information content (AvgIpc) is 2.37. The maximum absolute atomic E-state index is 12.6.